The number of carbonyl (C=O) groups is 1. The molecule has 0 heterocycles. The van der Waals surface area contributed by atoms with E-state index in [2.05, 4.69) is 20.7 Å². The number of alkyl halides is 1. The fourth-order valence-corrected chi connectivity index (χ4v) is 1.56. The first kappa shape index (κ1) is 12.3. The number of hydrogen-bond donors (Lipinski definition) is 0. The van der Waals surface area contributed by atoms with Crippen LogP contribution in [0.4, 0.5) is 0 Å². The molecule has 15 heavy (non-hydrogen) atoms. The Labute approximate surface area is 102 Å². The lowest BCUT2D eigenvalue weighted by Crippen LogP contribution is -2.05. The quantitative estimate of drug-likeness (QED) is 0.485. The Balaban J connectivity index is 2.93. The summed E-state index contributed by atoms with van der Waals surface area (Å²) in [4.78, 5) is 11.3. The highest BCUT2D eigenvalue weighted by Crippen LogP contribution is 2.14. The normalized spacial score (nSPS) is 11.3. The molecule has 0 aliphatic rings. The van der Waals surface area contributed by atoms with Gasteiger partial charge in [0.15, 0.2) is 0 Å². The van der Waals surface area contributed by atoms with Crippen molar-refractivity contribution in [2.24, 2.45) is 0 Å². The third kappa shape index (κ3) is 3.68. The molecule has 80 valence electrons. The van der Waals surface area contributed by atoms with Crippen LogP contribution in [0.3, 0.4) is 0 Å². The number of methoxy groups -OCH3 is 1. The first-order valence-electron chi connectivity index (χ1n) is 4.28. The molecule has 0 amide bonds. The van der Waals surface area contributed by atoms with Crippen LogP contribution in [0.1, 0.15) is 5.56 Å². The van der Waals surface area contributed by atoms with Crippen LogP contribution >= 0.6 is 27.5 Å². The summed E-state index contributed by atoms with van der Waals surface area (Å²) in [6, 6.07) is 7.23. The second kappa shape index (κ2) is 5.93. The molecule has 0 N–H and O–H groups in total. The summed E-state index contributed by atoms with van der Waals surface area (Å²) < 4.78 is 4.64. The number of esters is 1. The third-order valence-electron chi connectivity index (χ3n) is 1.80. The number of halogens is 2. The van der Waals surface area contributed by atoms with Gasteiger partial charge in [0, 0.05) is 15.9 Å². The summed E-state index contributed by atoms with van der Waals surface area (Å²) in [6.45, 7) is 0. The smallest absolute Gasteiger partial charge is 0.334 e. The van der Waals surface area contributed by atoms with Crippen molar-refractivity contribution in [1.29, 1.82) is 0 Å². The molecule has 0 bridgehead atoms. The Morgan fingerprint density at radius 1 is 1.47 bits per heavy atom. The van der Waals surface area contributed by atoms with Crippen molar-refractivity contribution in [1.82, 2.24) is 0 Å². The molecule has 0 radical (unpaired) electrons. The van der Waals surface area contributed by atoms with Crippen molar-refractivity contribution in [3.63, 3.8) is 0 Å². The molecule has 0 aliphatic carbocycles. The van der Waals surface area contributed by atoms with Crippen LogP contribution in [0.5, 0.6) is 0 Å². The van der Waals surface area contributed by atoms with E-state index >= 15 is 0 Å². The molecule has 4 heteroatoms. The number of rotatable bonds is 3. The lowest BCUT2D eigenvalue weighted by molar-refractivity contribution is -0.135. The highest BCUT2D eigenvalue weighted by atomic mass is 79.9. The summed E-state index contributed by atoms with van der Waals surface area (Å²) in [5, 5.41) is 1.13. The van der Waals surface area contributed by atoms with Crippen LogP contribution in [-0.2, 0) is 9.53 Å². The van der Waals surface area contributed by atoms with E-state index in [0.29, 0.717) is 15.9 Å². The van der Waals surface area contributed by atoms with Crippen molar-refractivity contribution in [2.75, 3.05) is 12.4 Å². The molecule has 0 aliphatic heterocycles. The molecule has 0 fully saturated rings. The largest absolute Gasteiger partial charge is 0.466 e. The standard InChI is InChI=1S/C11H10BrClO2/c1-15-11(14)9(7-12)6-8-2-4-10(13)5-3-8/h2-6H,7H2,1H3/b9-6+. The molecule has 1 rings (SSSR count). The highest BCUT2D eigenvalue weighted by molar-refractivity contribution is 9.09. The average Bonchev–Trinajstić information content (AvgIpc) is 2.27. The Morgan fingerprint density at radius 2 is 2.07 bits per heavy atom. The second-order valence-electron chi connectivity index (χ2n) is 2.85. The Hall–Kier alpha value is -0.800. The number of carbonyl (C=O) groups excluding carboxylic acids is 1. The van der Waals surface area contributed by atoms with Gasteiger partial charge in [-0.15, -0.1) is 0 Å². The van der Waals surface area contributed by atoms with E-state index in [4.69, 9.17) is 11.6 Å². The summed E-state index contributed by atoms with van der Waals surface area (Å²) in [6.07, 6.45) is 1.76. The van der Waals surface area contributed by atoms with Crippen LogP contribution in [-0.4, -0.2) is 18.4 Å². The van der Waals surface area contributed by atoms with Crippen LogP contribution in [0, 0.1) is 0 Å². The second-order valence-corrected chi connectivity index (χ2v) is 3.84. The van der Waals surface area contributed by atoms with Gasteiger partial charge >= 0.3 is 5.97 Å². The summed E-state index contributed by atoms with van der Waals surface area (Å²) in [5.74, 6) is -0.332. The zero-order valence-corrected chi connectivity index (χ0v) is 10.5. The monoisotopic (exact) mass is 288 g/mol. The van der Waals surface area contributed by atoms with Crippen molar-refractivity contribution >= 4 is 39.6 Å². The van der Waals surface area contributed by atoms with Crippen LogP contribution in [0.15, 0.2) is 29.8 Å². The molecule has 0 aromatic heterocycles. The predicted molar refractivity (Wildman–Crippen MR) is 65.2 cm³/mol. The minimum atomic E-state index is -0.332. The van der Waals surface area contributed by atoms with Crippen molar-refractivity contribution in [2.45, 2.75) is 0 Å². The van der Waals surface area contributed by atoms with Gasteiger partial charge in [0.2, 0.25) is 0 Å². The van der Waals surface area contributed by atoms with Gasteiger partial charge in [-0.25, -0.2) is 4.79 Å². The molecule has 1 aromatic rings. The van der Waals surface area contributed by atoms with Gasteiger partial charge in [0.1, 0.15) is 0 Å². The maximum atomic E-state index is 11.3. The van der Waals surface area contributed by atoms with Gasteiger partial charge in [-0.1, -0.05) is 39.7 Å². The maximum absolute atomic E-state index is 11.3. The fourth-order valence-electron chi connectivity index (χ4n) is 1.04. The van der Waals surface area contributed by atoms with Crippen molar-refractivity contribution in [3.05, 3.63) is 40.4 Å². The molecular formula is C11H10BrClO2. The van der Waals surface area contributed by atoms with E-state index in [1.54, 1.807) is 18.2 Å². The van der Waals surface area contributed by atoms with Crippen LogP contribution in [0.25, 0.3) is 6.08 Å². The SMILES string of the molecule is COC(=O)/C(=C/c1ccc(Cl)cc1)CBr. The fraction of sp³-hybridized carbons (Fsp3) is 0.182. The van der Waals surface area contributed by atoms with E-state index in [0.717, 1.165) is 5.56 Å². The summed E-state index contributed by atoms with van der Waals surface area (Å²) >= 11 is 8.98. The van der Waals surface area contributed by atoms with Crippen molar-refractivity contribution < 1.29 is 9.53 Å². The summed E-state index contributed by atoms with van der Waals surface area (Å²) in [7, 11) is 1.36. The lowest BCUT2D eigenvalue weighted by atomic mass is 10.1. The predicted octanol–water partition coefficient (Wildman–Crippen LogP) is 3.29. The molecule has 0 atom stereocenters. The molecular weight excluding hydrogens is 279 g/mol. The molecule has 2 nitrogen and oxygen atoms in total. The van der Waals surface area contributed by atoms with E-state index < -0.39 is 0 Å². The van der Waals surface area contributed by atoms with E-state index in [9.17, 15) is 4.79 Å². The average molecular weight is 290 g/mol. The van der Waals surface area contributed by atoms with Crippen LogP contribution < -0.4 is 0 Å². The van der Waals surface area contributed by atoms with Gasteiger partial charge in [-0.05, 0) is 23.8 Å². The van der Waals surface area contributed by atoms with Gasteiger partial charge in [-0.3, -0.25) is 0 Å². The van der Waals surface area contributed by atoms with Gasteiger partial charge in [0.25, 0.3) is 0 Å². The van der Waals surface area contributed by atoms with Gasteiger partial charge < -0.3 is 4.74 Å². The minimum Gasteiger partial charge on any atom is -0.466 e. The van der Waals surface area contributed by atoms with Gasteiger partial charge in [-0.2, -0.15) is 0 Å². The number of hydrogen-bond acceptors (Lipinski definition) is 2. The first-order chi connectivity index (χ1) is 7.17. The summed E-state index contributed by atoms with van der Waals surface area (Å²) in [5.41, 5.74) is 1.49. The van der Waals surface area contributed by atoms with E-state index in [1.165, 1.54) is 7.11 Å². The molecule has 0 spiro atoms. The Kier molecular flexibility index (Phi) is 4.85. The van der Waals surface area contributed by atoms with Gasteiger partial charge in [0.05, 0.1) is 7.11 Å². The first-order valence-corrected chi connectivity index (χ1v) is 5.77. The van der Waals surface area contributed by atoms with Crippen molar-refractivity contribution in [3.8, 4) is 0 Å². The topological polar surface area (TPSA) is 26.3 Å². The lowest BCUT2D eigenvalue weighted by Gasteiger charge is -2.01. The highest BCUT2D eigenvalue weighted by Gasteiger charge is 2.07. The van der Waals surface area contributed by atoms with E-state index in [1.807, 2.05) is 12.1 Å². The van der Waals surface area contributed by atoms with E-state index in [-0.39, 0.29) is 5.97 Å². The maximum Gasteiger partial charge on any atom is 0.334 e. The number of benzene rings is 1. The number of ether oxygens (including phenoxy) is 1. The Bertz CT molecular complexity index is 371. The third-order valence-corrected chi connectivity index (χ3v) is 2.66. The minimum absolute atomic E-state index is 0.332. The molecule has 0 saturated heterocycles. The Morgan fingerprint density at radius 3 is 2.53 bits per heavy atom. The zero-order chi connectivity index (χ0) is 11.3. The zero-order valence-electron chi connectivity index (χ0n) is 8.17. The molecule has 0 unspecified atom stereocenters. The molecule has 0 saturated carbocycles. The molecule has 1 aromatic carbocycles. The van der Waals surface area contributed by atoms with Crippen LogP contribution in [0.2, 0.25) is 5.02 Å².